The van der Waals surface area contributed by atoms with Gasteiger partial charge in [0.25, 0.3) is 0 Å². The Kier molecular flexibility index (Phi) is 43.3. The number of esters is 2. The Morgan fingerprint density at radius 3 is 1.25 bits per heavy atom. The minimum absolute atomic E-state index is 0.0557. The Balaban J connectivity index is 4.05. The van der Waals surface area contributed by atoms with E-state index in [1.807, 2.05) is 0 Å². The molecule has 0 heterocycles. The van der Waals surface area contributed by atoms with Gasteiger partial charge in [-0.15, -0.1) is 0 Å². The Morgan fingerprint density at radius 1 is 0.509 bits per heavy atom. The first-order valence-corrected chi connectivity index (χ1v) is 25.7. The maximum Gasteiger partial charge on any atom is 0.472 e. The number of nitrogens with two attached hydrogens (primary N) is 1. The molecule has 0 radical (unpaired) electrons. The number of hydrogen-bond donors (Lipinski definition) is 2. The first kappa shape index (κ1) is 55.8. The Bertz CT molecular complexity index is 948. The van der Waals surface area contributed by atoms with E-state index in [1.54, 1.807) is 0 Å². The van der Waals surface area contributed by atoms with E-state index in [1.165, 1.54) is 167 Å². The Hall–Kier alpha value is -1.25. The van der Waals surface area contributed by atoms with Crippen LogP contribution in [-0.4, -0.2) is 49.3 Å². The molecule has 0 aliphatic rings. The van der Waals surface area contributed by atoms with Crippen LogP contribution in [0, 0.1) is 0 Å². The fraction of sp³-hybridized carbons (Fsp3) is 0.915. The van der Waals surface area contributed by atoms with E-state index in [0.29, 0.717) is 6.42 Å². The van der Waals surface area contributed by atoms with Crippen molar-refractivity contribution >= 4 is 19.8 Å². The molecule has 9 nitrogen and oxygen atoms in total. The van der Waals surface area contributed by atoms with E-state index in [4.69, 9.17) is 24.3 Å². The van der Waals surface area contributed by atoms with Gasteiger partial charge in [-0.3, -0.25) is 18.6 Å². The molecule has 0 aliphatic carbocycles. The van der Waals surface area contributed by atoms with E-state index >= 15 is 0 Å². The second-order valence-electron chi connectivity index (χ2n) is 16.3. The van der Waals surface area contributed by atoms with Crippen LogP contribution in [0.3, 0.4) is 0 Å². The third-order valence-electron chi connectivity index (χ3n) is 10.7. The predicted octanol–water partition coefficient (Wildman–Crippen LogP) is 14.2. The highest BCUT2D eigenvalue weighted by atomic mass is 31.2. The van der Waals surface area contributed by atoms with Crippen molar-refractivity contribution in [3.63, 3.8) is 0 Å². The molecule has 0 spiro atoms. The minimum atomic E-state index is -4.38. The van der Waals surface area contributed by atoms with Crippen LogP contribution in [0.15, 0.2) is 12.2 Å². The molecule has 0 saturated carbocycles. The lowest BCUT2D eigenvalue weighted by Gasteiger charge is -2.19. The lowest BCUT2D eigenvalue weighted by atomic mass is 10.0. The lowest BCUT2D eigenvalue weighted by Crippen LogP contribution is -2.29. The van der Waals surface area contributed by atoms with Gasteiger partial charge in [-0.1, -0.05) is 206 Å². The number of ether oxygens (including phenoxy) is 2. The standard InChI is InChI=1S/C47H92NO8P/c1-3-5-7-9-11-13-15-17-19-21-22-24-25-27-29-31-33-35-37-39-46(49)53-43-45(44-55-57(51,52)54-42-41-48)56-47(50)40-38-36-34-32-30-28-26-23-20-18-16-14-12-10-8-6-4-2/h18,20,45H,3-17,19,21-44,48H2,1-2H3,(H,51,52)/b20-18-. The van der Waals surface area contributed by atoms with Crippen LogP contribution in [-0.2, 0) is 32.7 Å². The van der Waals surface area contributed by atoms with Gasteiger partial charge in [0.05, 0.1) is 13.2 Å². The van der Waals surface area contributed by atoms with Crippen LogP contribution < -0.4 is 5.73 Å². The van der Waals surface area contributed by atoms with Gasteiger partial charge >= 0.3 is 19.8 Å². The highest BCUT2D eigenvalue weighted by Gasteiger charge is 2.26. The van der Waals surface area contributed by atoms with Crippen molar-refractivity contribution in [2.75, 3.05) is 26.4 Å². The SMILES string of the molecule is CCCCCCCC/C=C\CCCCCCCCCC(=O)OC(COC(=O)CCCCCCCCCCCCCCCCCCCCC)COP(=O)(O)OCCN. The third-order valence-corrected chi connectivity index (χ3v) is 11.6. The monoisotopic (exact) mass is 830 g/mol. The summed E-state index contributed by atoms with van der Waals surface area (Å²) in [5.41, 5.74) is 5.36. The summed E-state index contributed by atoms with van der Waals surface area (Å²) in [5.74, 6) is -0.819. The molecule has 0 bridgehead atoms. The molecule has 0 aromatic rings. The molecular weight excluding hydrogens is 737 g/mol. The highest BCUT2D eigenvalue weighted by Crippen LogP contribution is 2.43. The fourth-order valence-electron chi connectivity index (χ4n) is 7.04. The van der Waals surface area contributed by atoms with E-state index in [0.717, 1.165) is 44.9 Å². The molecule has 10 heteroatoms. The molecule has 0 aliphatic heterocycles. The zero-order valence-electron chi connectivity index (χ0n) is 37.3. The van der Waals surface area contributed by atoms with Crippen molar-refractivity contribution in [3.8, 4) is 0 Å². The topological polar surface area (TPSA) is 134 Å². The average molecular weight is 830 g/mol. The second-order valence-corrected chi connectivity index (χ2v) is 17.8. The number of hydrogen-bond acceptors (Lipinski definition) is 8. The molecule has 0 rings (SSSR count). The van der Waals surface area contributed by atoms with Crippen molar-refractivity contribution in [1.29, 1.82) is 0 Å². The minimum Gasteiger partial charge on any atom is -0.462 e. The van der Waals surface area contributed by atoms with Gasteiger partial charge in [-0.05, 0) is 38.5 Å². The summed E-state index contributed by atoms with van der Waals surface area (Å²) < 4.78 is 32.9. The number of carbonyl (C=O) groups is 2. The van der Waals surface area contributed by atoms with Crippen LogP contribution in [0.5, 0.6) is 0 Å². The number of unbranched alkanes of at least 4 members (excludes halogenated alkanes) is 31. The van der Waals surface area contributed by atoms with E-state index < -0.39 is 26.5 Å². The van der Waals surface area contributed by atoms with Crippen LogP contribution in [0.1, 0.15) is 245 Å². The van der Waals surface area contributed by atoms with E-state index in [2.05, 4.69) is 26.0 Å². The van der Waals surface area contributed by atoms with Gasteiger partial charge in [0.2, 0.25) is 0 Å². The van der Waals surface area contributed by atoms with Gasteiger partial charge in [0.15, 0.2) is 6.10 Å². The first-order valence-electron chi connectivity index (χ1n) is 24.2. The molecule has 0 aromatic carbocycles. The van der Waals surface area contributed by atoms with Gasteiger partial charge in [0.1, 0.15) is 6.61 Å². The van der Waals surface area contributed by atoms with E-state index in [9.17, 15) is 19.0 Å². The van der Waals surface area contributed by atoms with Crippen LogP contribution in [0.2, 0.25) is 0 Å². The first-order chi connectivity index (χ1) is 27.8. The number of phosphoric ester groups is 1. The summed E-state index contributed by atoms with van der Waals surface area (Å²) in [5, 5.41) is 0. The molecule has 0 saturated heterocycles. The molecular formula is C47H92NO8P. The highest BCUT2D eigenvalue weighted by molar-refractivity contribution is 7.47. The molecule has 338 valence electrons. The second kappa shape index (κ2) is 44.3. The molecule has 3 N–H and O–H groups in total. The van der Waals surface area contributed by atoms with Gasteiger partial charge in [-0.2, -0.15) is 0 Å². The Labute approximate surface area is 351 Å². The van der Waals surface area contributed by atoms with Crippen molar-refractivity contribution in [3.05, 3.63) is 12.2 Å². The van der Waals surface area contributed by atoms with E-state index in [-0.39, 0.29) is 38.6 Å². The van der Waals surface area contributed by atoms with Crippen molar-refractivity contribution in [2.24, 2.45) is 5.73 Å². The lowest BCUT2D eigenvalue weighted by molar-refractivity contribution is -0.161. The van der Waals surface area contributed by atoms with Crippen LogP contribution in [0.4, 0.5) is 0 Å². The predicted molar refractivity (Wildman–Crippen MR) is 238 cm³/mol. The van der Waals surface area contributed by atoms with Crippen LogP contribution in [0.25, 0.3) is 0 Å². The Morgan fingerprint density at radius 2 is 0.860 bits per heavy atom. The summed E-state index contributed by atoms with van der Waals surface area (Å²) >= 11 is 0. The maximum atomic E-state index is 12.6. The summed E-state index contributed by atoms with van der Waals surface area (Å²) in [6, 6.07) is 0. The molecule has 0 fully saturated rings. The zero-order valence-corrected chi connectivity index (χ0v) is 38.2. The summed E-state index contributed by atoms with van der Waals surface area (Å²) in [6.45, 7) is 3.77. The summed E-state index contributed by atoms with van der Waals surface area (Å²) in [7, 11) is -4.38. The quantitative estimate of drug-likeness (QED) is 0.0266. The third kappa shape index (κ3) is 44.1. The van der Waals surface area contributed by atoms with Gasteiger partial charge in [0, 0.05) is 19.4 Å². The maximum absolute atomic E-state index is 12.6. The van der Waals surface area contributed by atoms with Gasteiger partial charge in [-0.25, -0.2) is 4.57 Å². The van der Waals surface area contributed by atoms with Crippen molar-refractivity contribution in [2.45, 2.75) is 251 Å². The fourth-order valence-corrected chi connectivity index (χ4v) is 7.81. The number of carbonyl (C=O) groups excluding carboxylic acids is 2. The summed E-state index contributed by atoms with van der Waals surface area (Å²) in [4.78, 5) is 35.0. The molecule has 0 amide bonds. The van der Waals surface area contributed by atoms with Crippen LogP contribution >= 0.6 is 7.82 Å². The zero-order chi connectivity index (χ0) is 41.8. The van der Waals surface area contributed by atoms with Gasteiger partial charge < -0.3 is 20.1 Å². The largest absolute Gasteiger partial charge is 0.472 e. The number of rotatable bonds is 46. The number of phosphoric acid groups is 1. The molecule has 2 atom stereocenters. The smallest absolute Gasteiger partial charge is 0.462 e. The summed E-state index contributed by atoms with van der Waals surface area (Å²) in [6.07, 6.45) is 46.7. The van der Waals surface area contributed by atoms with Crippen molar-refractivity contribution in [1.82, 2.24) is 0 Å². The molecule has 57 heavy (non-hydrogen) atoms. The number of allylic oxidation sites excluding steroid dienone is 2. The molecule has 2 unspecified atom stereocenters. The normalized spacial score (nSPS) is 13.3. The molecule has 0 aromatic heterocycles. The van der Waals surface area contributed by atoms with Crippen molar-refractivity contribution < 1.29 is 37.6 Å². The average Bonchev–Trinajstić information content (AvgIpc) is 3.20.